The second kappa shape index (κ2) is 12.4. The second-order valence-electron chi connectivity index (χ2n) is 20.2. The number of fused-ring (bicyclic) bond motifs is 4. The van der Waals surface area contributed by atoms with Gasteiger partial charge in [0.05, 0.1) is 6.04 Å². The van der Waals surface area contributed by atoms with Gasteiger partial charge in [-0.3, -0.25) is 0 Å². The monoisotopic (exact) mass is 726 g/mol. The number of nitrogens with zero attached hydrogens (tertiary/aromatic N) is 2. The average molecular weight is 727 g/mol. The molecule has 0 N–H and O–H groups in total. The molecule has 10 atom stereocenters. The highest BCUT2D eigenvalue weighted by molar-refractivity contribution is 5.86. The summed E-state index contributed by atoms with van der Waals surface area (Å²) in [5, 5.41) is 0. The lowest BCUT2D eigenvalue weighted by molar-refractivity contribution is 0.226. The van der Waals surface area contributed by atoms with Gasteiger partial charge in [0.1, 0.15) is 0 Å². The summed E-state index contributed by atoms with van der Waals surface area (Å²) in [5.41, 5.74) is 17.7. The Morgan fingerprint density at radius 1 is 0.800 bits per heavy atom. The molecule has 0 radical (unpaired) electrons. The predicted octanol–water partition coefficient (Wildman–Crippen LogP) is 13.2. The lowest BCUT2D eigenvalue weighted by Crippen LogP contribution is -2.44. The van der Waals surface area contributed by atoms with Gasteiger partial charge in [-0.05, 0) is 145 Å². The maximum absolute atomic E-state index is 2.95. The van der Waals surface area contributed by atoms with Crippen molar-refractivity contribution in [1.82, 2.24) is 4.90 Å². The normalized spacial score (nSPS) is 37.7. The van der Waals surface area contributed by atoms with Crippen LogP contribution in [0.15, 0.2) is 125 Å². The van der Waals surface area contributed by atoms with Gasteiger partial charge in [-0.2, -0.15) is 0 Å². The van der Waals surface area contributed by atoms with Gasteiger partial charge >= 0.3 is 0 Å². The summed E-state index contributed by atoms with van der Waals surface area (Å²) < 4.78 is 0. The zero-order valence-corrected chi connectivity index (χ0v) is 34.3. The predicted molar refractivity (Wildman–Crippen MR) is 229 cm³/mol. The van der Waals surface area contributed by atoms with Crippen molar-refractivity contribution in [3.63, 3.8) is 0 Å². The van der Waals surface area contributed by atoms with Crippen molar-refractivity contribution in [3.05, 3.63) is 142 Å². The minimum absolute atomic E-state index is 0.0339. The van der Waals surface area contributed by atoms with Gasteiger partial charge in [-0.1, -0.05) is 120 Å². The summed E-state index contributed by atoms with van der Waals surface area (Å²) in [4.78, 5) is 5.80. The number of hydrogen-bond acceptors (Lipinski definition) is 2. The SMILES string of the molecule is CC1C=CC(c2ccc(N(C3=CC4C(CC3C)N(C3=CCC(C)CC3C)C3=CCC5CC354)C3C=CC4=C(C3)C3=C(CC4)c4ccccc4C3(C)C)cc2)CC1. The number of benzene rings is 2. The maximum atomic E-state index is 2.95. The minimum atomic E-state index is 0.0339. The van der Waals surface area contributed by atoms with E-state index < -0.39 is 0 Å². The molecule has 0 bridgehead atoms. The Morgan fingerprint density at radius 3 is 2.42 bits per heavy atom. The van der Waals surface area contributed by atoms with Crippen LogP contribution in [0.1, 0.15) is 128 Å². The summed E-state index contributed by atoms with van der Waals surface area (Å²) in [6.45, 7) is 14.9. The minimum Gasteiger partial charge on any atom is -0.345 e. The molecule has 1 spiro atoms. The van der Waals surface area contributed by atoms with Crippen LogP contribution in [0, 0.1) is 40.9 Å². The molecule has 2 heteroatoms. The standard InChI is InChI=1S/C53H62N2/c1-32-11-14-36(15-12-32)37-16-21-40(22-17-37)54(41-23-18-38-19-24-43-42-9-7-8-10-45(42)52(5,6)51(43)44(38)29-41)48-30-46-49(28-35(48)4)55(47-25-13-33(2)27-34(47)3)50-26-20-39-31-53(39,46)50/h7-11,14,16-18,21-23,25-26,30,32-36,39,41,46,49H,12-13,15,19-20,24,27-29,31H2,1-6H3. The third-order valence-electron chi connectivity index (χ3n) is 16.5. The number of anilines is 1. The third kappa shape index (κ3) is 5.04. The van der Waals surface area contributed by atoms with Crippen molar-refractivity contribution in [1.29, 1.82) is 0 Å². The van der Waals surface area contributed by atoms with Crippen molar-refractivity contribution < 1.29 is 0 Å². The molecule has 2 nitrogen and oxygen atoms in total. The Bertz CT molecular complexity index is 2160. The first-order chi connectivity index (χ1) is 26.6. The highest BCUT2D eigenvalue weighted by Gasteiger charge is 2.71. The zero-order chi connectivity index (χ0) is 37.4. The molecular formula is C53H62N2. The molecule has 10 unspecified atom stereocenters. The fourth-order valence-electron chi connectivity index (χ4n) is 13.7. The van der Waals surface area contributed by atoms with E-state index in [4.69, 9.17) is 0 Å². The molecule has 1 aliphatic heterocycles. The van der Waals surface area contributed by atoms with Gasteiger partial charge in [0.25, 0.3) is 0 Å². The van der Waals surface area contributed by atoms with Gasteiger partial charge < -0.3 is 9.80 Å². The molecule has 0 amide bonds. The molecule has 1 saturated carbocycles. The van der Waals surface area contributed by atoms with E-state index in [2.05, 4.69) is 142 Å². The van der Waals surface area contributed by atoms with Crippen molar-refractivity contribution >= 4 is 11.3 Å². The van der Waals surface area contributed by atoms with E-state index >= 15 is 0 Å². The first-order valence-electron chi connectivity index (χ1n) is 22.4. The van der Waals surface area contributed by atoms with E-state index in [-0.39, 0.29) is 5.41 Å². The molecule has 284 valence electrons. The van der Waals surface area contributed by atoms with Crippen LogP contribution in [-0.4, -0.2) is 17.0 Å². The van der Waals surface area contributed by atoms with Crippen LogP contribution in [0.25, 0.3) is 5.57 Å². The summed E-state index contributed by atoms with van der Waals surface area (Å²) in [6.07, 6.45) is 30.7. The van der Waals surface area contributed by atoms with Crippen molar-refractivity contribution in [2.75, 3.05) is 4.90 Å². The molecular weight excluding hydrogens is 665 g/mol. The van der Waals surface area contributed by atoms with Crippen molar-refractivity contribution in [2.24, 2.45) is 40.9 Å². The van der Waals surface area contributed by atoms with E-state index in [1.807, 2.05) is 0 Å². The van der Waals surface area contributed by atoms with Gasteiger partial charge in [0.2, 0.25) is 0 Å². The summed E-state index contributed by atoms with van der Waals surface area (Å²) in [6, 6.07) is 20.1. The van der Waals surface area contributed by atoms with Gasteiger partial charge in [0, 0.05) is 51.5 Å². The molecule has 9 aliphatic rings. The lowest BCUT2D eigenvalue weighted by atomic mass is 9.71. The first-order valence-corrected chi connectivity index (χ1v) is 22.4. The summed E-state index contributed by atoms with van der Waals surface area (Å²) >= 11 is 0. The number of rotatable bonds is 5. The van der Waals surface area contributed by atoms with Gasteiger partial charge in [-0.25, -0.2) is 0 Å². The molecule has 2 fully saturated rings. The zero-order valence-electron chi connectivity index (χ0n) is 34.3. The number of likely N-dealkylation sites (tertiary alicyclic amines) is 1. The van der Waals surface area contributed by atoms with Gasteiger partial charge in [-0.15, -0.1) is 0 Å². The molecule has 11 rings (SSSR count). The van der Waals surface area contributed by atoms with Crippen LogP contribution in [-0.2, 0) is 5.41 Å². The van der Waals surface area contributed by atoms with Crippen molar-refractivity contribution in [2.45, 2.75) is 129 Å². The summed E-state index contributed by atoms with van der Waals surface area (Å²) in [5.74, 6) is 4.59. The van der Waals surface area contributed by atoms with E-state index in [9.17, 15) is 0 Å². The largest absolute Gasteiger partial charge is 0.345 e. The van der Waals surface area contributed by atoms with E-state index in [1.54, 1.807) is 39.4 Å². The molecule has 2 aromatic carbocycles. The molecule has 55 heavy (non-hydrogen) atoms. The highest BCUT2D eigenvalue weighted by atomic mass is 15.3. The van der Waals surface area contributed by atoms with Crippen LogP contribution in [0.4, 0.5) is 5.69 Å². The Balaban J connectivity index is 0.997. The van der Waals surface area contributed by atoms with Crippen LogP contribution in [0.2, 0.25) is 0 Å². The van der Waals surface area contributed by atoms with Crippen LogP contribution < -0.4 is 4.90 Å². The highest BCUT2D eigenvalue weighted by Crippen LogP contribution is 2.75. The van der Waals surface area contributed by atoms with Gasteiger partial charge in [0.15, 0.2) is 0 Å². The Labute approximate surface area is 331 Å². The lowest BCUT2D eigenvalue weighted by Gasteiger charge is -2.45. The van der Waals surface area contributed by atoms with Crippen LogP contribution in [0.5, 0.6) is 0 Å². The molecule has 2 aromatic rings. The van der Waals surface area contributed by atoms with Crippen molar-refractivity contribution in [3.8, 4) is 0 Å². The number of hydrogen-bond donors (Lipinski definition) is 0. The second-order valence-corrected chi connectivity index (χ2v) is 20.2. The maximum Gasteiger partial charge on any atom is 0.0562 e. The average Bonchev–Trinajstić information content (AvgIpc) is 3.60. The quantitative estimate of drug-likeness (QED) is 0.283. The number of allylic oxidation sites excluding steroid dienone is 11. The molecule has 1 saturated heterocycles. The third-order valence-corrected chi connectivity index (χ3v) is 16.5. The smallest absolute Gasteiger partial charge is 0.0562 e. The Morgan fingerprint density at radius 2 is 1.64 bits per heavy atom. The Kier molecular flexibility index (Phi) is 7.74. The molecule has 0 aromatic heterocycles. The van der Waals surface area contributed by atoms with E-state index in [0.29, 0.717) is 47.1 Å². The molecule has 8 aliphatic carbocycles. The van der Waals surface area contributed by atoms with E-state index in [0.717, 1.165) is 31.1 Å². The Hall–Kier alpha value is -3.78. The fourth-order valence-corrected chi connectivity index (χ4v) is 13.7. The summed E-state index contributed by atoms with van der Waals surface area (Å²) in [7, 11) is 0. The van der Waals surface area contributed by atoms with Crippen LogP contribution >= 0.6 is 0 Å². The van der Waals surface area contributed by atoms with Crippen LogP contribution in [0.3, 0.4) is 0 Å². The topological polar surface area (TPSA) is 6.48 Å². The fraction of sp³-hybridized carbons (Fsp3) is 0.509. The molecule has 1 heterocycles. The first kappa shape index (κ1) is 34.5. The van der Waals surface area contributed by atoms with E-state index in [1.165, 1.54) is 67.3 Å².